The van der Waals surface area contributed by atoms with Crippen LogP contribution in [-0.4, -0.2) is 65.0 Å². The van der Waals surface area contributed by atoms with Crippen LogP contribution in [0.3, 0.4) is 0 Å². The van der Waals surface area contributed by atoms with Crippen molar-refractivity contribution in [1.82, 2.24) is 0 Å². The van der Waals surface area contributed by atoms with Crippen LogP contribution in [0.15, 0.2) is 18.2 Å². The van der Waals surface area contributed by atoms with Crippen LogP contribution in [0.25, 0.3) is 0 Å². The van der Waals surface area contributed by atoms with Crippen molar-refractivity contribution in [2.24, 2.45) is 0 Å². The molecule has 8 nitrogen and oxygen atoms in total. The number of rotatable bonds is 7. The van der Waals surface area contributed by atoms with Gasteiger partial charge in [0.15, 0.2) is 8.32 Å². The van der Waals surface area contributed by atoms with Gasteiger partial charge in [-0.1, -0.05) is 20.8 Å². The molecule has 1 aromatic carbocycles. The summed E-state index contributed by atoms with van der Waals surface area (Å²) in [6.45, 7) is 12.4. The molecule has 32 heavy (non-hydrogen) atoms. The van der Waals surface area contributed by atoms with Gasteiger partial charge in [-0.2, -0.15) is 8.42 Å². The topological polar surface area (TPSA) is 96.4 Å². The highest BCUT2D eigenvalue weighted by atomic mass is 32.2. The number of carbonyl (C=O) groups is 1. The molecule has 2 atom stereocenters. The van der Waals surface area contributed by atoms with Crippen LogP contribution >= 0.6 is 0 Å². The number of amides is 1. The first-order chi connectivity index (χ1) is 14.7. The molecule has 0 radical (unpaired) electrons. The van der Waals surface area contributed by atoms with Gasteiger partial charge in [0.1, 0.15) is 11.9 Å². The first-order valence-corrected chi connectivity index (χ1v) is 15.3. The standard InChI is InChI=1S/C21H33FN2O6SSi/c1-21(2,3)32(4,5)30-17-8-10-23(13-17)19-7-6-15(12-18(19)22)24-14-16(29-20(24)25)9-11-31(26,27)28/h6-7,12,16-17H,8-11,13-14H2,1-5H3,(H,26,27,28)/t16?,17-/m0/s1. The fourth-order valence-corrected chi connectivity index (χ4v) is 5.66. The second kappa shape index (κ2) is 8.92. The minimum absolute atomic E-state index is 0.0228. The molecule has 0 saturated carbocycles. The molecule has 1 amide bonds. The monoisotopic (exact) mass is 488 g/mol. The van der Waals surface area contributed by atoms with Crippen LogP contribution in [0.5, 0.6) is 0 Å². The number of benzene rings is 1. The van der Waals surface area contributed by atoms with Crippen molar-refractivity contribution in [3.05, 3.63) is 24.0 Å². The summed E-state index contributed by atoms with van der Waals surface area (Å²) in [6.07, 6.45) is -0.473. The van der Waals surface area contributed by atoms with Crippen molar-refractivity contribution in [1.29, 1.82) is 0 Å². The lowest BCUT2D eigenvalue weighted by molar-refractivity contribution is 0.139. The van der Waals surface area contributed by atoms with E-state index in [1.807, 2.05) is 4.90 Å². The Hall–Kier alpha value is -1.69. The molecule has 0 bridgehead atoms. The molecule has 0 aromatic heterocycles. The maximum absolute atomic E-state index is 15.0. The van der Waals surface area contributed by atoms with E-state index in [0.29, 0.717) is 24.5 Å². The van der Waals surface area contributed by atoms with Crippen LogP contribution < -0.4 is 9.80 Å². The summed E-state index contributed by atoms with van der Waals surface area (Å²) in [5.74, 6) is -0.941. The second-order valence-corrected chi connectivity index (χ2v) is 16.4. The van der Waals surface area contributed by atoms with E-state index in [4.69, 9.17) is 13.7 Å². The quantitative estimate of drug-likeness (QED) is 0.457. The Morgan fingerprint density at radius 3 is 2.56 bits per heavy atom. The number of nitrogens with zero attached hydrogens (tertiary/aromatic N) is 2. The van der Waals surface area contributed by atoms with Crippen LogP contribution in [0.1, 0.15) is 33.6 Å². The zero-order valence-electron chi connectivity index (χ0n) is 19.3. The Bertz CT molecular complexity index is 966. The largest absolute Gasteiger partial charge is 0.444 e. The van der Waals surface area contributed by atoms with E-state index in [1.165, 1.54) is 11.0 Å². The van der Waals surface area contributed by atoms with E-state index in [1.54, 1.807) is 12.1 Å². The highest BCUT2D eigenvalue weighted by molar-refractivity contribution is 7.85. The molecule has 180 valence electrons. The van der Waals surface area contributed by atoms with Crippen LogP contribution in [0, 0.1) is 5.82 Å². The highest BCUT2D eigenvalue weighted by Gasteiger charge is 2.41. The molecule has 11 heteroatoms. The Morgan fingerprint density at radius 2 is 1.97 bits per heavy atom. The summed E-state index contributed by atoms with van der Waals surface area (Å²) in [4.78, 5) is 15.4. The van der Waals surface area contributed by atoms with Gasteiger partial charge in [0, 0.05) is 19.5 Å². The Kier molecular flexibility index (Phi) is 6.95. The van der Waals surface area contributed by atoms with Crippen molar-refractivity contribution in [3.8, 4) is 0 Å². The smallest absolute Gasteiger partial charge is 0.414 e. The minimum Gasteiger partial charge on any atom is -0.444 e. The Balaban J connectivity index is 1.64. The maximum atomic E-state index is 15.0. The van der Waals surface area contributed by atoms with Gasteiger partial charge in [0.2, 0.25) is 0 Å². The molecule has 3 rings (SSSR count). The van der Waals surface area contributed by atoms with Gasteiger partial charge in [-0.15, -0.1) is 0 Å². The summed E-state index contributed by atoms with van der Waals surface area (Å²) >= 11 is 0. The molecule has 1 unspecified atom stereocenters. The molecule has 1 N–H and O–H groups in total. The molecule has 2 aliphatic rings. The average Bonchev–Trinajstić information content (AvgIpc) is 3.24. The normalized spacial score (nSPS) is 22.5. The fraction of sp³-hybridized carbons (Fsp3) is 0.667. The van der Waals surface area contributed by atoms with Gasteiger partial charge >= 0.3 is 6.09 Å². The number of halogens is 1. The van der Waals surface area contributed by atoms with Gasteiger partial charge in [-0.25, -0.2) is 9.18 Å². The predicted molar refractivity (Wildman–Crippen MR) is 124 cm³/mol. The molecule has 0 spiro atoms. The van der Waals surface area contributed by atoms with Crippen molar-refractivity contribution < 1.29 is 31.3 Å². The fourth-order valence-electron chi connectivity index (χ4n) is 3.72. The lowest BCUT2D eigenvalue weighted by Crippen LogP contribution is -2.44. The number of anilines is 2. The van der Waals surface area contributed by atoms with E-state index < -0.39 is 42.2 Å². The zero-order valence-corrected chi connectivity index (χ0v) is 21.1. The summed E-state index contributed by atoms with van der Waals surface area (Å²) < 4.78 is 57.3. The van der Waals surface area contributed by atoms with Gasteiger partial charge < -0.3 is 14.1 Å². The molecule has 1 aromatic rings. The molecular weight excluding hydrogens is 455 g/mol. The molecule has 0 aliphatic carbocycles. The van der Waals surface area contributed by atoms with E-state index >= 15 is 0 Å². The SMILES string of the molecule is CC(C)(C)[Si](C)(C)O[C@H]1CCN(c2ccc(N3CC(CCS(=O)(=O)O)OC3=O)cc2F)C1. The van der Waals surface area contributed by atoms with Crippen molar-refractivity contribution in [2.45, 2.75) is 64.0 Å². The number of hydrogen-bond donors (Lipinski definition) is 1. The third-order valence-electron chi connectivity index (χ3n) is 6.57. The van der Waals surface area contributed by atoms with Crippen molar-refractivity contribution >= 4 is 35.9 Å². The first kappa shape index (κ1) is 24.9. The van der Waals surface area contributed by atoms with Gasteiger partial charge in [0.25, 0.3) is 10.1 Å². The lowest BCUT2D eigenvalue weighted by atomic mass is 10.2. The number of hydrogen-bond acceptors (Lipinski definition) is 6. The number of cyclic esters (lactones) is 1. The maximum Gasteiger partial charge on any atom is 0.414 e. The molecular formula is C21H33FN2O6SSi. The summed E-state index contributed by atoms with van der Waals surface area (Å²) in [7, 11) is -6.05. The molecule has 2 saturated heterocycles. The van der Waals surface area contributed by atoms with E-state index in [9.17, 15) is 17.6 Å². The van der Waals surface area contributed by atoms with Crippen LogP contribution in [0.2, 0.25) is 18.1 Å². The Labute approximate surface area is 190 Å². The van der Waals surface area contributed by atoms with E-state index in [-0.39, 0.29) is 24.1 Å². The summed E-state index contributed by atoms with van der Waals surface area (Å²) in [6, 6.07) is 4.61. The average molecular weight is 489 g/mol. The summed E-state index contributed by atoms with van der Waals surface area (Å²) in [5, 5.41) is 0.108. The first-order valence-electron chi connectivity index (χ1n) is 10.8. The second-order valence-electron chi connectivity index (χ2n) is 10.1. The van der Waals surface area contributed by atoms with Gasteiger partial charge in [-0.05, 0) is 42.8 Å². The number of ether oxygens (including phenoxy) is 1. The van der Waals surface area contributed by atoms with Crippen LogP contribution in [0.4, 0.5) is 20.6 Å². The van der Waals surface area contributed by atoms with E-state index in [2.05, 4.69) is 33.9 Å². The predicted octanol–water partition coefficient (Wildman–Crippen LogP) is 4.03. The van der Waals surface area contributed by atoms with E-state index in [0.717, 1.165) is 6.42 Å². The molecule has 2 aliphatic heterocycles. The highest BCUT2D eigenvalue weighted by Crippen LogP contribution is 2.39. The third-order valence-corrected chi connectivity index (χ3v) is 11.9. The van der Waals surface area contributed by atoms with Crippen molar-refractivity contribution in [2.75, 3.05) is 35.2 Å². The van der Waals surface area contributed by atoms with Gasteiger partial charge in [-0.3, -0.25) is 9.45 Å². The number of carbonyl (C=O) groups excluding carboxylic acids is 1. The summed E-state index contributed by atoms with van der Waals surface area (Å²) in [5.41, 5.74) is 0.810. The Morgan fingerprint density at radius 1 is 1.28 bits per heavy atom. The lowest BCUT2D eigenvalue weighted by Gasteiger charge is -2.38. The van der Waals surface area contributed by atoms with Gasteiger partial charge in [0.05, 0.1) is 29.8 Å². The van der Waals surface area contributed by atoms with Crippen molar-refractivity contribution in [3.63, 3.8) is 0 Å². The van der Waals surface area contributed by atoms with Crippen LogP contribution in [-0.2, 0) is 19.3 Å². The molecule has 2 heterocycles. The molecule has 2 fully saturated rings. The zero-order chi connectivity index (χ0) is 23.9. The third kappa shape index (κ3) is 5.80. The minimum atomic E-state index is -4.14.